The predicted molar refractivity (Wildman–Crippen MR) is 121 cm³/mol. The van der Waals surface area contributed by atoms with Crippen LogP contribution in [-0.2, 0) is 11.4 Å². The quantitative estimate of drug-likeness (QED) is 0.499. The molecule has 33 heavy (non-hydrogen) atoms. The molecule has 1 aromatic heterocycles. The van der Waals surface area contributed by atoms with Gasteiger partial charge in [-0.3, -0.25) is 19.0 Å². The lowest BCUT2D eigenvalue weighted by Gasteiger charge is -2.17. The highest BCUT2D eigenvalue weighted by molar-refractivity contribution is 9.10. The third-order valence-electron chi connectivity index (χ3n) is 4.83. The number of hydrogen-bond donors (Lipinski definition) is 2. The largest absolute Gasteiger partial charge is 0.487 e. The average Bonchev–Trinajstić information content (AvgIpc) is 2.75. The number of amides is 2. The normalized spacial score (nSPS) is 10.7. The molecule has 2 aromatic carbocycles. The number of carbonyl (C=O) groups excluding carboxylic acids is 2. The summed E-state index contributed by atoms with van der Waals surface area (Å²) in [5, 5.41) is 2.40. The van der Waals surface area contributed by atoms with Crippen LogP contribution in [0.3, 0.4) is 0 Å². The molecule has 3 aromatic rings. The zero-order chi connectivity index (χ0) is 24.3. The number of rotatable bonds is 7. The van der Waals surface area contributed by atoms with Crippen LogP contribution in [0.15, 0.2) is 51.7 Å². The number of aromatic nitrogens is 1. The number of carbonyl (C=O) groups is 2. The zero-order valence-electron chi connectivity index (χ0n) is 17.7. The summed E-state index contributed by atoms with van der Waals surface area (Å²) in [5.41, 5.74) is 6.66. The van der Waals surface area contributed by atoms with Gasteiger partial charge in [-0.25, -0.2) is 8.78 Å². The van der Waals surface area contributed by atoms with E-state index in [-0.39, 0.29) is 34.5 Å². The number of nitrogens with two attached hydrogens (primary N) is 1. The molecule has 0 bridgehead atoms. The highest BCUT2D eigenvalue weighted by Gasteiger charge is 2.17. The van der Waals surface area contributed by atoms with E-state index in [2.05, 4.69) is 21.2 Å². The van der Waals surface area contributed by atoms with Crippen molar-refractivity contribution in [3.63, 3.8) is 0 Å². The van der Waals surface area contributed by atoms with Gasteiger partial charge in [0.15, 0.2) is 0 Å². The fourth-order valence-electron chi connectivity index (χ4n) is 3.14. The highest BCUT2D eigenvalue weighted by atomic mass is 79.9. The van der Waals surface area contributed by atoms with Crippen LogP contribution in [0.25, 0.3) is 5.69 Å². The van der Waals surface area contributed by atoms with Gasteiger partial charge in [0, 0.05) is 29.0 Å². The van der Waals surface area contributed by atoms with Crippen molar-refractivity contribution in [3.05, 3.63) is 91.3 Å². The summed E-state index contributed by atoms with van der Waals surface area (Å²) in [5.74, 6) is -2.45. The first-order valence-corrected chi connectivity index (χ1v) is 10.5. The summed E-state index contributed by atoms with van der Waals surface area (Å²) < 4.78 is 34.1. The molecule has 0 radical (unpaired) electrons. The first-order chi connectivity index (χ1) is 15.6. The van der Waals surface area contributed by atoms with Crippen molar-refractivity contribution in [2.24, 2.45) is 5.73 Å². The van der Waals surface area contributed by atoms with Crippen molar-refractivity contribution in [2.75, 3.05) is 6.54 Å². The minimum atomic E-state index is -0.752. The molecule has 0 fully saturated rings. The average molecular weight is 520 g/mol. The second-order valence-electron chi connectivity index (χ2n) is 7.28. The monoisotopic (exact) mass is 519 g/mol. The van der Waals surface area contributed by atoms with Gasteiger partial charge in [0.05, 0.1) is 12.2 Å². The van der Waals surface area contributed by atoms with Crippen LogP contribution in [0.4, 0.5) is 8.78 Å². The van der Waals surface area contributed by atoms with Crippen LogP contribution in [0.1, 0.15) is 27.2 Å². The van der Waals surface area contributed by atoms with Crippen molar-refractivity contribution in [3.8, 4) is 11.4 Å². The van der Waals surface area contributed by atoms with Crippen molar-refractivity contribution in [1.29, 1.82) is 0 Å². The molecule has 7 nitrogen and oxygen atoms in total. The third-order valence-corrected chi connectivity index (χ3v) is 5.56. The Kier molecular flexibility index (Phi) is 7.27. The van der Waals surface area contributed by atoms with E-state index in [9.17, 15) is 23.2 Å². The molecule has 0 saturated carbocycles. The highest BCUT2D eigenvalue weighted by Crippen LogP contribution is 2.26. The van der Waals surface area contributed by atoms with Gasteiger partial charge < -0.3 is 15.8 Å². The Morgan fingerprint density at radius 2 is 1.85 bits per heavy atom. The number of pyridine rings is 1. The molecule has 0 aliphatic carbocycles. The lowest BCUT2D eigenvalue weighted by molar-refractivity contribution is -0.117. The number of ether oxygens (including phenoxy) is 1. The Morgan fingerprint density at radius 1 is 1.12 bits per heavy atom. The minimum absolute atomic E-state index is 0.0959. The van der Waals surface area contributed by atoms with Crippen molar-refractivity contribution in [2.45, 2.75) is 20.5 Å². The molecule has 0 aliphatic heterocycles. The third kappa shape index (κ3) is 5.46. The molecule has 0 saturated heterocycles. The van der Waals surface area contributed by atoms with E-state index in [0.717, 1.165) is 17.7 Å². The van der Waals surface area contributed by atoms with Crippen molar-refractivity contribution in [1.82, 2.24) is 9.88 Å². The maximum absolute atomic E-state index is 13.9. The van der Waals surface area contributed by atoms with Crippen LogP contribution in [0.2, 0.25) is 0 Å². The predicted octanol–water partition coefficient (Wildman–Crippen LogP) is 3.29. The number of aryl methyl sites for hydroxylation is 2. The van der Waals surface area contributed by atoms with E-state index in [1.165, 1.54) is 16.7 Å². The Balaban J connectivity index is 1.94. The summed E-state index contributed by atoms with van der Waals surface area (Å²) in [4.78, 5) is 36.4. The van der Waals surface area contributed by atoms with Gasteiger partial charge in [0.2, 0.25) is 5.91 Å². The standard InChI is InChI=1S/C23H20BrF2N3O4/c1-12-3-4-14(22(31)28-10-20(27)30)8-18(12)29-13(2)7-19(21(24)23(29)32)33-11-15-5-6-16(25)9-17(15)26/h3-9H,10-11H2,1-2H3,(H2,27,30)(H,28,31). The minimum Gasteiger partial charge on any atom is -0.487 e. The van der Waals surface area contributed by atoms with Gasteiger partial charge in [0.1, 0.15) is 28.5 Å². The number of nitrogens with zero attached hydrogens (tertiary/aromatic N) is 1. The lowest BCUT2D eigenvalue weighted by Crippen LogP contribution is -2.33. The Bertz CT molecular complexity index is 1310. The van der Waals surface area contributed by atoms with Gasteiger partial charge in [-0.2, -0.15) is 0 Å². The molecule has 0 aliphatic rings. The molecule has 10 heteroatoms. The summed E-state index contributed by atoms with van der Waals surface area (Å²) >= 11 is 3.24. The number of halogens is 3. The molecule has 3 N–H and O–H groups in total. The lowest BCUT2D eigenvalue weighted by atomic mass is 10.1. The molecule has 172 valence electrons. The van der Waals surface area contributed by atoms with E-state index in [1.54, 1.807) is 32.0 Å². The first-order valence-electron chi connectivity index (χ1n) is 9.75. The smallest absolute Gasteiger partial charge is 0.273 e. The second kappa shape index (κ2) is 9.95. The maximum Gasteiger partial charge on any atom is 0.273 e. The van der Waals surface area contributed by atoms with E-state index >= 15 is 0 Å². The van der Waals surface area contributed by atoms with E-state index in [4.69, 9.17) is 10.5 Å². The van der Waals surface area contributed by atoms with Crippen LogP contribution in [0.5, 0.6) is 5.75 Å². The molecule has 0 spiro atoms. The van der Waals surface area contributed by atoms with E-state index < -0.39 is 29.0 Å². The van der Waals surface area contributed by atoms with E-state index in [0.29, 0.717) is 11.4 Å². The van der Waals surface area contributed by atoms with Crippen LogP contribution < -0.4 is 21.3 Å². The zero-order valence-corrected chi connectivity index (χ0v) is 19.3. The molecular formula is C23H20BrF2N3O4. The molecule has 0 unspecified atom stereocenters. The summed E-state index contributed by atoms with van der Waals surface area (Å²) in [7, 11) is 0. The topological polar surface area (TPSA) is 103 Å². The molecule has 0 atom stereocenters. The summed E-state index contributed by atoms with van der Waals surface area (Å²) in [6.45, 7) is 2.94. The van der Waals surface area contributed by atoms with E-state index in [1.807, 2.05) is 0 Å². The van der Waals surface area contributed by atoms with Crippen LogP contribution >= 0.6 is 15.9 Å². The number of benzene rings is 2. The first kappa shape index (κ1) is 24.1. The van der Waals surface area contributed by atoms with Crippen LogP contribution in [-0.4, -0.2) is 22.9 Å². The Hall–Kier alpha value is -3.53. The van der Waals surface area contributed by atoms with Crippen molar-refractivity contribution < 1.29 is 23.1 Å². The number of hydrogen-bond acceptors (Lipinski definition) is 4. The molecular weight excluding hydrogens is 500 g/mol. The van der Waals surface area contributed by atoms with Gasteiger partial charge >= 0.3 is 0 Å². The molecule has 1 heterocycles. The maximum atomic E-state index is 13.9. The van der Waals surface area contributed by atoms with Gasteiger partial charge in [-0.05, 0) is 59.6 Å². The Morgan fingerprint density at radius 3 is 2.52 bits per heavy atom. The van der Waals surface area contributed by atoms with Gasteiger partial charge in [-0.15, -0.1) is 0 Å². The SMILES string of the molecule is Cc1ccc(C(=O)NCC(N)=O)cc1-n1c(C)cc(OCc2ccc(F)cc2F)c(Br)c1=O. The van der Waals surface area contributed by atoms with Crippen LogP contribution in [0, 0.1) is 25.5 Å². The second-order valence-corrected chi connectivity index (χ2v) is 8.07. The molecule has 3 rings (SSSR count). The summed E-state index contributed by atoms with van der Waals surface area (Å²) in [6, 6.07) is 9.51. The summed E-state index contributed by atoms with van der Waals surface area (Å²) in [6.07, 6.45) is 0. The fourth-order valence-corrected chi connectivity index (χ4v) is 3.55. The van der Waals surface area contributed by atoms with Gasteiger partial charge in [0.25, 0.3) is 11.5 Å². The number of nitrogens with one attached hydrogen (secondary N) is 1. The van der Waals surface area contributed by atoms with Gasteiger partial charge in [-0.1, -0.05) is 6.07 Å². The Labute approximate surface area is 196 Å². The molecule has 2 amide bonds. The van der Waals surface area contributed by atoms with Crippen molar-refractivity contribution >= 4 is 27.7 Å². The number of primary amides is 1. The fraction of sp³-hybridized carbons (Fsp3) is 0.174.